The summed E-state index contributed by atoms with van der Waals surface area (Å²) in [4.78, 5) is 15.7. The van der Waals surface area contributed by atoms with E-state index in [-0.39, 0.29) is 6.42 Å². The Hall–Kier alpha value is -1.62. The minimum atomic E-state index is -0.939. The molecule has 1 unspecified atom stereocenters. The van der Waals surface area contributed by atoms with Gasteiger partial charge in [0, 0.05) is 11.6 Å². The highest BCUT2D eigenvalue weighted by atomic mass is 19.1. The Balaban J connectivity index is 2.39. The van der Waals surface area contributed by atoms with Crippen molar-refractivity contribution in [1.82, 2.24) is 5.48 Å². The molecule has 1 atom stereocenters. The van der Waals surface area contributed by atoms with Crippen molar-refractivity contribution >= 4 is 5.97 Å². The minimum Gasteiger partial charge on any atom is -0.481 e. The molecule has 5 heteroatoms. The van der Waals surface area contributed by atoms with Gasteiger partial charge in [0.25, 0.3) is 0 Å². The lowest BCUT2D eigenvalue weighted by Crippen LogP contribution is -2.37. The number of hydrogen-bond acceptors (Lipinski definition) is 3. The van der Waals surface area contributed by atoms with Crippen LogP contribution in [-0.2, 0) is 10.3 Å². The van der Waals surface area contributed by atoms with E-state index in [1.165, 1.54) is 18.2 Å². The predicted octanol–water partition coefficient (Wildman–Crippen LogP) is 1.41. The smallest absolute Gasteiger partial charge is 0.305 e. The molecule has 0 spiro atoms. The number of hydrogen-bond donors (Lipinski definition) is 2. The third kappa shape index (κ3) is 1.66. The average Bonchev–Trinajstić information content (AvgIpc) is 2.42. The Morgan fingerprint density at radius 2 is 2.40 bits per heavy atom. The van der Waals surface area contributed by atoms with Crippen molar-refractivity contribution in [2.45, 2.75) is 18.9 Å². The second-order valence-electron chi connectivity index (χ2n) is 3.75. The molecule has 0 aromatic heterocycles. The van der Waals surface area contributed by atoms with E-state index in [9.17, 15) is 9.18 Å². The molecule has 1 aromatic rings. The summed E-state index contributed by atoms with van der Waals surface area (Å²) < 4.78 is 12.9. The second-order valence-corrected chi connectivity index (χ2v) is 3.75. The summed E-state index contributed by atoms with van der Waals surface area (Å²) in [5.74, 6) is -1.00. The zero-order chi connectivity index (χ0) is 11.1. The molecule has 2 N–H and O–H groups in total. The third-order valence-corrected chi connectivity index (χ3v) is 2.43. The Labute approximate surface area is 85.6 Å². The highest BCUT2D eigenvalue weighted by Gasteiger charge is 2.38. The summed E-state index contributed by atoms with van der Waals surface area (Å²) in [6.45, 7) is 1.70. The number of carbonyl (C=O) groups is 1. The van der Waals surface area contributed by atoms with Gasteiger partial charge >= 0.3 is 5.97 Å². The Kier molecular flexibility index (Phi) is 2.12. The van der Waals surface area contributed by atoms with Crippen LogP contribution in [0.1, 0.15) is 18.9 Å². The van der Waals surface area contributed by atoms with Crippen molar-refractivity contribution in [3.8, 4) is 5.75 Å². The van der Waals surface area contributed by atoms with E-state index in [1.807, 2.05) is 0 Å². The van der Waals surface area contributed by atoms with Crippen LogP contribution < -0.4 is 10.3 Å². The molecule has 80 valence electrons. The molecule has 0 fully saturated rings. The summed E-state index contributed by atoms with van der Waals surface area (Å²) in [5, 5.41) is 8.75. The number of carboxylic acid groups (broad SMARTS) is 1. The van der Waals surface area contributed by atoms with Crippen molar-refractivity contribution in [2.75, 3.05) is 0 Å². The monoisotopic (exact) mass is 211 g/mol. The van der Waals surface area contributed by atoms with Crippen molar-refractivity contribution in [3.63, 3.8) is 0 Å². The van der Waals surface area contributed by atoms with Crippen LogP contribution in [0.5, 0.6) is 5.75 Å². The van der Waals surface area contributed by atoms with E-state index in [4.69, 9.17) is 9.94 Å². The minimum absolute atomic E-state index is 0.119. The van der Waals surface area contributed by atoms with Gasteiger partial charge in [0.2, 0.25) is 0 Å². The van der Waals surface area contributed by atoms with Gasteiger partial charge in [-0.05, 0) is 13.0 Å². The Morgan fingerprint density at radius 1 is 1.67 bits per heavy atom. The lowest BCUT2D eigenvalue weighted by Gasteiger charge is -2.20. The van der Waals surface area contributed by atoms with Crippen LogP contribution in [0.4, 0.5) is 4.39 Å². The fraction of sp³-hybridized carbons (Fsp3) is 0.300. The van der Waals surface area contributed by atoms with Crippen LogP contribution >= 0.6 is 0 Å². The van der Waals surface area contributed by atoms with Gasteiger partial charge in [-0.3, -0.25) is 4.79 Å². The fourth-order valence-electron chi connectivity index (χ4n) is 1.69. The first-order valence-electron chi connectivity index (χ1n) is 4.47. The van der Waals surface area contributed by atoms with Gasteiger partial charge in [-0.1, -0.05) is 6.07 Å². The quantitative estimate of drug-likeness (QED) is 0.776. The van der Waals surface area contributed by atoms with E-state index < -0.39 is 17.3 Å². The topological polar surface area (TPSA) is 58.6 Å². The van der Waals surface area contributed by atoms with Gasteiger partial charge < -0.3 is 9.94 Å². The van der Waals surface area contributed by atoms with E-state index in [2.05, 4.69) is 5.48 Å². The van der Waals surface area contributed by atoms with Crippen LogP contribution in [-0.4, -0.2) is 11.1 Å². The molecule has 0 saturated heterocycles. The summed E-state index contributed by atoms with van der Waals surface area (Å²) in [6, 6.07) is 4.05. The molecule has 0 amide bonds. The average molecular weight is 211 g/mol. The Morgan fingerprint density at radius 3 is 3.07 bits per heavy atom. The van der Waals surface area contributed by atoms with Crippen LogP contribution in [0, 0.1) is 5.82 Å². The number of halogens is 1. The zero-order valence-corrected chi connectivity index (χ0v) is 8.08. The van der Waals surface area contributed by atoms with E-state index in [1.54, 1.807) is 6.92 Å². The molecule has 15 heavy (non-hydrogen) atoms. The number of benzene rings is 1. The molecule has 4 nitrogen and oxygen atoms in total. The lowest BCUT2D eigenvalue weighted by atomic mass is 9.90. The van der Waals surface area contributed by atoms with Crippen molar-refractivity contribution in [2.24, 2.45) is 0 Å². The van der Waals surface area contributed by atoms with Crippen LogP contribution in [0.3, 0.4) is 0 Å². The summed E-state index contributed by atoms with van der Waals surface area (Å²) in [7, 11) is 0. The van der Waals surface area contributed by atoms with Gasteiger partial charge in [0.05, 0.1) is 12.0 Å². The first-order valence-corrected chi connectivity index (χ1v) is 4.47. The SMILES string of the molecule is CC1(CC(=O)O)NOc2cc(F)ccc21. The van der Waals surface area contributed by atoms with Crippen LogP contribution in [0.15, 0.2) is 18.2 Å². The largest absolute Gasteiger partial charge is 0.481 e. The van der Waals surface area contributed by atoms with Crippen LogP contribution in [0.25, 0.3) is 0 Å². The maximum atomic E-state index is 12.9. The molecule has 0 saturated carbocycles. The predicted molar refractivity (Wildman–Crippen MR) is 49.8 cm³/mol. The molecule has 1 aliphatic rings. The van der Waals surface area contributed by atoms with Gasteiger partial charge in [-0.15, -0.1) is 5.48 Å². The molecular formula is C10H10FNO3. The van der Waals surface area contributed by atoms with Gasteiger partial charge in [-0.2, -0.15) is 0 Å². The second kappa shape index (κ2) is 3.20. The van der Waals surface area contributed by atoms with Crippen LogP contribution in [0.2, 0.25) is 0 Å². The van der Waals surface area contributed by atoms with Gasteiger partial charge in [-0.25, -0.2) is 4.39 Å². The number of carboxylic acids is 1. The molecule has 0 aliphatic carbocycles. The number of nitrogens with one attached hydrogen (secondary N) is 1. The third-order valence-electron chi connectivity index (χ3n) is 2.43. The molecule has 0 radical (unpaired) electrons. The van der Waals surface area contributed by atoms with Crippen molar-refractivity contribution < 1.29 is 19.1 Å². The van der Waals surface area contributed by atoms with Crippen molar-refractivity contribution in [3.05, 3.63) is 29.6 Å². The zero-order valence-electron chi connectivity index (χ0n) is 8.08. The molecule has 2 rings (SSSR count). The molecule has 1 aliphatic heterocycles. The van der Waals surface area contributed by atoms with E-state index >= 15 is 0 Å². The first-order chi connectivity index (χ1) is 7.01. The van der Waals surface area contributed by atoms with Gasteiger partial charge in [0.1, 0.15) is 5.82 Å². The molecule has 1 aromatic carbocycles. The highest BCUT2D eigenvalue weighted by molar-refractivity contribution is 5.69. The molecular weight excluding hydrogens is 201 g/mol. The maximum absolute atomic E-state index is 12.9. The maximum Gasteiger partial charge on any atom is 0.305 e. The summed E-state index contributed by atoms with van der Waals surface area (Å²) in [5.41, 5.74) is 2.47. The normalized spacial score (nSPS) is 23.3. The molecule has 0 bridgehead atoms. The fourth-order valence-corrected chi connectivity index (χ4v) is 1.69. The number of fused-ring (bicyclic) bond motifs is 1. The summed E-state index contributed by atoms with van der Waals surface area (Å²) in [6.07, 6.45) is -0.119. The number of rotatable bonds is 2. The van der Waals surface area contributed by atoms with Crippen molar-refractivity contribution in [1.29, 1.82) is 0 Å². The Bertz CT molecular complexity index is 421. The standard InChI is InChI=1S/C10H10FNO3/c1-10(5-9(13)14)7-3-2-6(11)4-8(7)15-12-10/h2-4,12H,5H2,1H3,(H,13,14). The van der Waals surface area contributed by atoms with E-state index in [0.29, 0.717) is 11.3 Å². The number of aliphatic carboxylic acids is 1. The first kappa shape index (κ1) is 9.92. The number of hydroxylamine groups is 1. The summed E-state index contributed by atoms with van der Waals surface area (Å²) >= 11 is 0. The van der Waals surface area contributed by atoms with E-state index in [0.717, 1.165) is 0 Å². The van der Waals surface area contributed by atoms with Gasteiger partial charge in [0.15, 0.2) is 5.75 Å². The lowest BCUT2D eigenvalue weighted by molar-refractivity contribution is -0.139. The molecule has 1 heterocycles. The highest BCUT2D eigenvalue weighted by Crippen LogP contribution is 2.37.